The smallest absolute Gasteiger partial charge is 0.143 e. The molecule has 2 unspecified atom stereocenters. The maximum atomic E-state index is 10.9. The Morgan fingerprint density at radius 2 is 2.13 bits per heavy atom. The minimum Gasteiger partial charge on any atom is -0.487 e. The number of anilines is 1. The molecule has 8 heteroatoms. The minimum absolute atomic E-state index is 0.341. The number of hydrogen-bond donors (Lipinski definition) is 4. The summed E-state index contributed by atoms with van der Waals surface area (Å²) in [6.45, 7) is 3.78. The van der Waals surface area contributed by atoms with E-state index in [1.807, 2.05) is 29.9 Å². The average Bonchev–Trinajstić information content (AvgIpc) is 3.25. The number of hydrogen-bond acceptors (Lipinski definition) is 6. The Labute approximate surface area is 189 Å². The molecule has 0 bridgehead atoms. The number of nitrogens with zero attached hydrogens (tertiary/aromatic N) is 2. The lowest BCUT2D eigenvalue weighted by molar-refractivity contribution is -0.0166. The number of benzene rings is 1. The maximum Gasteiger partial charge on any atom is 0.143 e. The molecule has 2 aliphatic rings. The van der Waals surface area contributed by atoms with Gasteiger partial charge in [-0.3, -0.25) is 0 Å². The number of nitrogens with one attached hydrogen (secondary N) is 2. The summed E-state index contributed by atoms with van der Waals surface area (Å²) in [5.41, 5.74) is 5.30. The SMILES string of the molecule is CNc1ccnc2c1c(Br)cn2C1CC(Oc2cc(C)cc3c2CNCC3)[C@@H](O)[C@H]1O. The first-order valence-electron chi connectivity index (χ1n) is 10.7. The lowest BCUT2D eigenvalue weighted by atomic mass is 9.97. The van der Waals surface area contributed by atoms with Crippen molar-refractivity contribution in [3.63, 3.8) is 0 Å². The number of aliphatic hydroxyl groups excluding tert-OH is 2. The van der Waals surface area contributed by atoms with Gasteiger partial charge in [-0.25, -0.2) is 4.98 Å². The van der Waals surface area contributed by atoms with Gasteiger partial charge in [-0.05, 0) is 59.1 Å². The van der Waals surface area contributed by atoms with Gasteiger partial charge < -0.3 is 30.2 Å². The Hall–Kier alpha value is -2.13. The van der Waals surface area contributed by atoms with E-state index in [-0.39, 0.29) is 6.04 Å². The lowest BCUT2D eigenvalue weighted by Crippen LogP contribution is -2.35. The molecule has 7 nitrogen and oxygen atoms in total. The fraction of sp³-hybridized carbons (Fsp3) is 0.435. The van der Waals surface area contributed by atoms with Gasteiger partial charge in [0.1, 0.15) is 29.7 Å². The van der Waals surface area contributed by atoms with Gasteiger partial charge >= 0.3 is 0 Å². The number of ether oxygens (including phenoxy) is 1. The number of aryl methyl sites for hydroxylation is 1. The van der Waals surface area contributed by atoms with Gasteiger partial charge in [-0.15, -0.1) is 0 Å². The molecule has 1 aromatic carbocycles. The van der Waals surface area contributed by atoms with Crippen molar-refractivity contribution in [1.29, 1.82) is 0 Å². The van der Waals surface area contributed by atoms with Crippen LogP contribution < -0.4 is 15.4 Å². The van der Waals surface area contributed by atoms with E-state index in [2.05, 4.69) is 44.5 Å². The Balaban J connectivity index is 1.47. The summed E-state index contributed by atoms with van der Waals surface area (Å²) in [5, 5.41) is 29.3. The standard InChI is InChI=1S/C23H27BrN4O3/c1-12-7-13-3-5-26-10-14(13)18(8-12)31-19-9-17(21(29)22(19)30)28-11-15(24)20-16(25-2)4-6-27-23(20)28/h4,6-8,11,17,19,21-22,26,29-30H,3,5,9-10H2,1-2H3,(H,25,27)/t17?,19?,21-,22+/m0/s1. The van der Waals surface area contributed by atoms with E-state index >= 15 is 0 Å². The molecule has 5 rings (SSSR count). The van der Waals surface area contributed by atoms with Gasteiger partial charge in [0.05, 0.1) is 11.4 Å². The summed E-state index contributed by atoms with van der Waals surface area (Å²) in [4.78, 5) is 4.54. The molecule has 2 aromatic heterocycles. The zero-order valence-corrected chi connectivity index (χ0v) is 19.2. The molecule has 0 radical (unpaired) electrons. The highest BCUT2D eigenvalue weighted by molar-refractivity contribution is 9.10. The molecule has 0 saturated heterocycles. The zero-order chi connectivity index (χ0) is 21.7. The fourth-order valence-electron chi connectivity index (χ4n) is 4.94. The van der Waals surface area contributed by atoms with Gasteiger partial charge in [0, 0.05) is 48.1 Å². The third-order valence-electron chi connectivity index (χ3n) is 6.49. The molecule has 164 valence electrons. The van der Waals surface area contributed by atoms with E-state index in [0.717, 1.165) is 57.6 Å². The van der Waals surface area contributed by atoms with Crippen LogP contribution in [0, 0.1) is 6.92 Å². The number of rotatable bonds is 4. The first-order chi connectivity index (χ1) is 15.0. The van der Waals surface area contributed by atoms with Crippen LogP contribution in [0.2, 0.25) is 0 Å². The van der Waals surface area contributed by atoms with Crippen LogP contribution in [0.4, 0.5) is 5.69 Å². The predicted octanol–water partition coefficient (Wildman–Crippen LogP) is 2.91. The second kappa shape index (κ2) is 8.09. The summed E-state index contributed by atoms with van der Waals surface area (Å²) in [7, 11) is 1.87. The third kappa shape index (κ3) is 3.51. The number of fused-ring (bicyclic) bond motifs is 2. The van der Waals surface area contributed by atoms with Crippen molar-refractivity contribution in [2.24, 2.45) is 0 Å². The van der Waals surface area contributed by atoms with Crippen molar-refractivity contribution in [2.75, 3.05) is 18.9 Å². The van der Waals surface area contributed by atoms with Crippen LogP contribution >= 0.6 is 15.9 Å². The first kappa shape index (κ1) is 20.8. The van der Waals surface area contributed by atoms with E-state index < -0.39 is 18.3 Å². The van der Waals surface area contributed by atoms with E-state index in [9.17, 15) is 10.2 Å². The van der Waals surface area contributed by atoms with Crippen molar-refractivity contribution in [1.82, 2.24) is 14.9 Å². The molecule has 1 fully saturated rings. The molecule has 1 aliphatic carbocycles. The van der Waals surface area contributed by atoms with Crippen LogP contribution in [0.15, 0.2) is 35.1 Å². The summed E-state index contributed by atoms with van der Waals surface area (Å²) in [5.74, 6) is 0.799. The molecule has 1 saturated carbocycles. The van der Waals surface area contributed by atoms with Crippen LogP contribution in [0.25, 0.3) is 11.0 Å². The van der Waals surface area contributed by atoms with E-state index in [1.165, 1.54) is 5.56 Å². The highest BCUT2D eigenvalue weighted by atomic mass is 79.9. The zero-order valence-electron chi connectivity index (χ0n) is 17.6. The molecule has 0 spiro atoms. The Bertz CT molecular complexity index is 1130. The second-order valence-corrected chi connectivity index (χ2v) is 9.31. The van der Waals surface area contributed by atoms with Crippen LogP contribution in [0.3, 0.4) is 0 Å². The molecule has 4 N–H and O–H groups in total. The molecule has 3 heterocycles. The van der Waals surface area contributed by atoms with E-state index in [4.69, 9.17) is 4.74 Å². The highest BCUT2D eigenvalue weighted by Crippen LogP contribution is 2.40. The quantitative estimate of drug-likeness (QED) is 0.453. The van der Waals surface area contributed by atoms with Crippen molar-refractivity contribution < 1.29 is 14.9 Å². The normalized spacial score (nSPS) is 25.6. The average molecular weight is 487 g/mol. The largest absolute Gasteiger partial charge is 0.487 e. The van der Waals surface area contributed by atoms with Gasteiger partial charge in [0.2, 0.25) is 0 Å². The molecule has 3 aromatic rings. The summed E-state index contributed by atoms with van der Waals surface area (Å²) < 4.78 is 9.19. The maximum absolute atomic E-state index is 10.9. The van der Waals surface area contributed by atoms with Crippen LogP contribution in [-0.4, -0.2) is 51.7 Å². The first-order valence-corrected chi connectivity index (χ1v) is 11.5. The molecular formula is C23H27BrN4O3. The summed E-state index contributed by atoms with van der Waals surface area (Å²) >= 11 is 3.63. The number of aliphatic hydroxyl groups is 2. The summed E-state index contributed by atoms with van der Waals surface area (Å²) in [6, 6.07) is 5.81. The second-order valence-electron chi connectivity index (χ2n) is 8.46. The fourth-order valence-corrected chi connectivity index (χ4v) is 5.55. The van der Waals surface area contributed by atoms with Gasteiger partial charge in [0.15, 0.2) is 0 Å². The Morgan fingerprint density at radius 3 is 2.94 bits per heavy atom. The van der Waals surface area contributed by atoms with E-state index in [1.54, 1.807) is 6.20 Å². The minimum atomic E-state index is -0.985. The molecule has 0 amide bonds. The topological polar surface area (TPSA) is 91.6 Å². The monoisotopic (exact) mass is 486 g/mol. The highest BCUT2D eigenvalue weighted by Gasteiger charge is 2.45. The van der Waals surface area contributed by atoms with Crippen molar-refractivity contribution in [3.8, 4) is 5.75 Å². The van der Waals surface area contributed by atoms with Crippen LogP contribution in [0.1, 0.15) is 29.2 Å². The predicted molar refractivity (Wildman–Crippen MR) is 124 cm³/mol. The van der Waals surface area contributed by atoms with Crippen molar-refractivity contribution in [2.45, 2.75) is 50.7 Å². The number of aromatic nitrogens is 2. The van der Waals surface area contributed by atoms with Gasteiger partial charge in [0.25, 0.3) is 0 Å². The molecule has 1 aliphatic heterocycles. The third-order valence-corrected chi connectivity index (χ3v) is 7.09. The van der Waals surface area contributed by atoms with E-state index in [0.29, 0.717) is 6.42 Å². The number of halogens is 1. The lowest BCUT2D eigenvalue weighted by Gasteiger charge is -2.25. The van der Waals surface area contributed by atoms with Crippen molar-refractivity contribution in [3.05, 3.63) is 51.8 Å². The molecule has 4 atom stereocenters. The molecular weight excluding hydrogens is 460 g/mol. The van der Waals surface area contributed by atoms with Gasteiger partial charge in [-0.1, -0.05) is 6.07 Å². The van der Waals surface area contributed by atoms with Crippen LogP contribution in [0.5, 0.6) is 5.75 Å². The summed E-state index contributed by atoms with van der Waals surface area (Å²) in [6.07, 6.45) is 2.69. The van der Waals surface area contributed by atoms with Crippen molar-refractivity contribution >= 4 is 32.7 Å². The number of pyridine rings is 1. The Kier molecular flexibility index (Phi) is 5.42. The van der Waals surface area contributed by atoms with Crippen LogP contribution in [-0.2, 0) is 13.0 Å². The van der Waals surface area contributed by atoms with Gasteiger partial charge in [-0.2, -0.15) is 0 Å². The Morgan fingerprint density at radius 1 is 1.29 bits per heavy atom. The molecule has 31 heavy (non-hydrogen) atoms.